The lowest BCUT2D eigenvalue weighted by Crippen LogP contribution is -2.23. The third-order valence-electron chi connectivity index (χ3n) is 2.60. The van der Waals surface area contributed by atoms with E-state index in [9.17, 15) is 8.42 Å². The zero-order valence-electron chi connectivity index (χ0n) is 10.6. The smallest absolute Gasteiger partial charge is 0.240 e. The van der Waals surface area contributed by atoms with Gasteiger partial charge in [0.15, 0.2) is 0 Å². The maximum Gasteiger partial charge on any atom is 0.240 e. The number of sulfonamides is 1. The van der Waals surface area contributed by atoms with Crippen molar-refractivity contribution in [1.82, 2.24) is 20.0 Å². The standard InChI is InChI=1S/C12H16N4O2S/c1-13-6-10-3-2-4-12(5-10)19(17,18)16-8-11-7-14-9-15-11/h2-5,7,9,13,16H,6,8H2,1H3,(H,14,15). The number of nitrogens with one attached hydrogen (secondary N) is 3. The molecule has 0 aliphatic carbocycles. The summed E-state index contributed by atoms with van der Waals surface area (Å²) in [4.78, 5) is 6.94. The molecule has 1 heterocycles. The van der Waals surface area contributed by atoms with Crippen molar-refractivity contribution in [3.05, 3.63) is 48.0 Å². The predicted molar refractivity (Wildman–Crippen MR) is 71.8 cm³/mol. The number of aromatic amines is 1. The number of hydrogen-bond donors (Lipinski definition) is 3. The van der Waals surface area contributed by atoms with Crippen molar-refractivity contribution in [3.8, 4) is 0 Å². The van der Waals surface area contributed by atoms with Crippen molar-refractivity contribution < 1.29 is 8.42 Å². The van der Waals surface area contributed by atoms with E-state index in [1.54, 1.807) is 24.4 Å². The van der Waals surface area contributed by atoms with Crippen LogP contribution < -0.4 is 10.0 Å². The second-order valence-corrected chi connectivity index (χ2v) is 5.85. The van der Waals surface area contributed by atoms with E-state index in [1.807, 2.05) is 13.1 Å². The highest BCUT2D eigenvalue weighted by Gasteiger charge is 2.14. The molecule has 2 rings (SSSR count). The molecule has 0 fully saturated rings. The van der Waals surface area contributed by atoms with Gasteiger partial charge < -0.3 is 10.3 Å². The Bertz CT molecular complexity index is 623. The van der Waals surface area contributed by atoms with E-state index >= 15 is 0 Å². The third kappa shape index (κ3) is 3.63. The number of benzene rings is 1. The molecular weight excluding hydrogens is 264 g/mol. The van der Waals surface area contributed by atoms with E-state index in [0.29, 0.717) is 6.54 Å². The highest BCUT2D eigenvalue weighted by molar-refractivity contribution is 7.89. The van der Waals surface area contributed by atoms with Gasteiger partial charge in [0.25, 0.3) is 0 Å². The summed E-state index contributed by atoms with van der Waals surface area (Å²) in [7, 11) is -1.69. The Hall–Kier alpha value is -1.70. The van der Waals surface area contributed by atoms with Crippen molar-refractivity contribution >= 4 is 10.0 Å². The van der Waals surface area contributed by atoms with Crippen LogP contribution in [0.1, 0.15) is 11.3 Å². The van der Waals surface area contributed by atoms with Crippen molar-refractivity contribution in [3.63, 3.8) is 0 Å². The molecule has 6 nitrogen and oxygen atoms in total. The summed E-state index contributed by atoms with van der Waals surface area (Å²) in [5, 5.41) is 2.99. The van der Waals surface area contributed by atoms with E-state index in [2.05, 4.69) is 20.0 Å². The second-order valence-electron chi connectivity index (χ2n) is 4.08. The molecular formula is C12H16N4O2S. The van der Waals surface area contributed by atoms with Gasteiger partial charge in [0.05, 0.1) is 17.8 Å². The van der Waals surface area contributed by atoms with Crippen molar-refractivity contribution in [2.75, 3.05) is 7.05 Å². The van der Waals surface area contributed by atoms with Crippen molar-refractivity contribution in [2.24, 2.45) is 0 Å². The van der Waals surface area contributed by atoms with Gasteiger partial charge in [0.2, 0.25) is 10.0 Å². The molecule has 0 aliphatic heterocycles. The molecule has 0 saturated heterocycles. The molecule has 102 valence electrons. The summed E-state index contributed by atoms with van der Waals surface area (Å²) in [6.45, 7) is 0.822. The Morgan fingerprint density at radius 1 is 1.32 bits per heavy atom. The third-order valence-corrected chi connectivity index (χ3v) is 4.00. The van der Waals surface area contributed by atoms with Crippen molar-refractivity contribution in [2.45, 2.75) is 18.0 Å². The zero-order valence-corrected chi connectivity index (χ0v) is 11.4. The van der Waals surface area contributed by atoms with Crippen LogP contribution in [-0.2, 0) is 23.1 Å². The maximum atomic E-state index is 12.1. The van der Waals surface area contributed by atoms with Gasteiger partial charge in [-0.2, -0.15) is 0 Å². The molecule has 0 amide bonds. The molecule has 1 aromatic carbocycles. The van der Waals surface area contributed by atoms with Gasteiger partial charge in [0, 0.05) is 18.4 Å². The topological polar surface area (TPSA) is 86.9 Å². The molecule has 0 saturated carbocycles. The van der Waals surface area contributed by atoms with Gasteiger partial charge >= 0.3 is 0 Å². The van der Waals surface area contributed by atoms with Crippen LogP contribution in [-0.4, -0.2) is 25.4 Å². The molecule has 2 aromatic rings. The minimum atomic E-state index is -3.50. The van der Waals surface area contributed by atoms with E-state index < -0.39 is 10.0 Å². The van der Waals surface area contributed by atoms with E-state index in [1.165, 1.54) is 6.33 Å². The van der Waals surface area contributed by atoms with Crippen LogP contribution in [0.3, 0.4) is 0 Å². The summed E-state index contributed by atoms with van der Waals surface area (Å²) in [6, 6.07) is 6.85. The Labute approximate surface area is 112 Å². The maximum absolute atomic E-state index is 12.1. The van der Waals surface area contributed by atoms with Crippen LogP contribution in [0.2, 0.25) is 0 Å². The zero-order chi connectivity index (χ0) is 13.7. The lowest BCUT2D eigenvalue weighted by atomic mass is 10.2. The first-order valence-electron chi connectivity index (χ1n) is 5.82. The van der Waals surface area contributed by atoms with Crippen molar-refractivity contribution in [1.29, 1.82) is 0 Å². The van der Waals surface area contributed by atoms with Gasteiger partial charge in [-0.3, -0.25) is 0 Å². The Morgan fingerprint density at radius 3 is 2.84 bits per heavy atom. The Kier molecular flexibility index (Phi) is 4.31. The summed E-state index contributed by atoms with van der Waals surface area (Å²) in [5.74, 6) is 0. The quantitative estimate of drug-likeness (QED) is 0.723. The van der Waals surface area contributed by atoms with Gasteiger partial charge in [0.1, 0.15) is 0 Å². The number of aromatic nitrogens is 2. The molecule has 3 N–H and O–H groups in total. The first-order chi connectivity index (χ1) is 9.12. The summed E-state index contributed by atoms with van der Waals surface area (Å²) in [6.07, 6.45) is 3.09. The van der Waals surface area contributed by atoms with Gasteiger partial charge in [-0.25, -0.2) is 18.1 Å². The number of rotatable bonds is 6. The molecule has 0 unspecified atom stereocenters. The Morgan fingerprint density at radius 2 is 2.16 bits per heavy atom. The molecule has 19 heavy (non-hydrogen) atoms. The predicted octanol–water partition coefficient (Wildman–Crippen LogP) is 0.608. The normalized spacial score (nSPS) is 11.6. The van der Waals surface area contributed by atoms with E-state index in [4.69, 9.17) is 0 Å². The highest BCUT2D eigenvalue weighted by Crippen LogP contribution is 2.11. The largest absolute Gasteiger partial charge is 0.347 e. The molecule has 0 aliphatic rings. The van der Waals surface area contributed by atoms with E-state index in [-0.39, 0.29) is 11.4 Å². The SMILES string of the molecule is CNCc1cccc(S(=O)(=O)NCc2cnc[nH]2)c1. The minimum absolute atomic E-state index is 0.193. The average molecular weight is 280 g/mol. The molecule has 0 atom stereocenters. The number of imidazole rings is 1. The average Bonchev–Trinajstić information content (AvgIpc) is 2.90. The lowest BCUT2D eigenvalue weighted by molar-refractivity contribution is 0.580. The summed E-state index contributed by atoms with van der Waals surface area (Å²) >= 11 is 0. The first kappa shape index (κ1) is 13.7. The van der Waals surface area contributed by atoms with Crippen LogP contribution in [0.15, 0.2) is 41.7 Å². The summed E-state index contributed by atoms with van der Waals surface area (Å²) < 4.78 is 26.8. The molecule has 0 radical (unpaired) electrons. The van der Waals surface area contributed by atoms with Gasteiger partial charge in [-0.05, 0) is 24.7 Å². The fourth-order valence-corrected chi connectivity index (χ4v) is 2.74. The fourth-order valence-electron chi connectivity index (χ4n) is 1.66. The number of H-pyrrole nitrogens is 1. The van der Waals surface area contributed by atoms with Crippen LogP contribution in [0.4, 0.5) is 0 Å². The Balaban J connectivity index is 2.12. The van der Waals surface area contributed by atoms with Crippen LogP contribution in [0, 0.1) is 0 Å². The first-order valence-corrected chi connectivity index (χ1v) is 7.30. The van der Waals surface area contributed by atoms with Gasteiger partial charge in [-0.15, -0.1) is 0 Å². The van der Waals surface area contributed by atoms with Crippen LogP contribution in [0.5, 0.6) is 0 Å². The number of nitrogens with zero attached hydrogens (tertiary/aromatic N) is 1. The van der Waals surface area contributed by atoms with Gasteiger partial charge in [-0.1, -0.05) is 12.1 Å². The molecule has 1 aromatic heterocycles. The second kappa shape index (κ2) is 5.96. The molecule has 0 spiro atoms. The molecule has 7 heteroatoms. The highest BCUT2D eigenvalue weighted by atomic mass is 32.2. The lowest BCUT2D eigenvalue weighted by Gasteiger charge is -2.07. The van der Waals surface area contributed by atoms with Crippen LogP contribution in [0.25, 0.3) is 0 Å². The molecule has 0 bridgehead atoms. The minimum Gasteiger partial charge on any atom is -0.347 e. The fraction of sp³-hybridized carbons (Fsp3) is 0.250. The summed E-state index contributed by atoms with van der Waals surface area (Å²) in [5.41, 5.74) is 1.64. The monoisotopic (exact) mass is 280 g/mol. The number of hydrogen-bond acceptors (Lipinski definition) is 4. The van der Waals surface area contributed by atoms with Crippen LogP contribution >= 0.6 is 0 Å². The van der Waals surface area contributed by atoms with E-state index in [0.717, 1.165) is 11.3 Å².